The van der Waals surface area contributed by atoms with Crippen LogP contribution in [0.3, 0.4) is 0 Å². The van der Waals surface area contributed by atoms with Gasteiger partial charge in [-0.3, -0.25) is 0 Å². The summed E-state index contributed by atoms with van der Waals surface area (Å²) in [6, 6.07) is 13.7. The monoisotopic (exact) mass is 239 g/mol. The van der Waals surface area contributed by atoms with Crippen molar-refractivity contribution in [2.75, 3.05) is 7.11 Å². The van der Waals surface area contributed by atoms with Gasteiger partial charge in [0.25, 0.3) is 0 Å². The standard InChI is InChI=1S/C15H13NO2/c1-10-3-5-11(6-4-10)15-16-13-8-7-12(17-2)9-14(13)18-15/h3-9H,1-2H3. The van der Waals surface area contributed by atoms with E-state index < -0.39 is 0 Å². The first-order valence-electron chi connectivity index (χ1n) is 5.78. The van der Waals surface area contributed by atoms with Gasteiger partial charge in [-0.05, 0) is 31.2 Å². The van der Waals surface area contributed by atoms with Crippen LogP contribution in [0, 0.1) is 6.92 Å². The number of hydrogen-bond acceptors (Lipinski definition) is 3. The minimum absolute atomic E-state index is 0.637. The van der Waals surface area contributed by atoms with E-state index in [2.05, 4.69) is 11.9 Å². The lowest BCUT2D eigenvalue weighted by Crippen LogP contribution is -1.80. The molecule has 0 fully saturated rings. The van der Waals surface area contributed by atoms with Crippen LogP contribution >= 0.6 is 0 Å². The lowest BCUT2D eigenvalue weighted by atomic mass is 10.1. The van der Waals surface area contributed by atoms with Gasteiger partial charge in [-0.2, -0.15) is 0 Å². The fourth-order valence-electron chi connectivity index (χ4n) is 1.85. The minimum atomic E-state index is 0.637. The van der Waals surface area contributed by atoms with Gasteiger partial charge in [-0.25, -0.2) is 4.98 Å². The fraction of sp³-hybridized carbons (Fsp3) is 0.133. The van der Waals surface area contributed by atoms with Gasteiger partial charge in [0, 0.05) is 11.6 Å². The number of ether oxygens (including phenoxy) is 1. The lowest BCUT2D eigenvalue weighted by Gasteiger charge is -1.96. The molecule has 0 unspecified atom stereocenters. The largest absolute Gasteiger partial charge is 0.497 e. The summed E-state index contributed by atoms with van der Waals surface area (Å²) in [5.74, 6) is 1.41. The van der Waals surface area contributed by atoms with E-state index in [1.165, 1.54) is 5.56 Å². The molecule has 0 saturated heterocycles. The second-order valence-corrected chi connectivity index (χ2v) is 4.22. The Morgan fingerprint density at radius 3 is 2.56 bits per heavy atom. The number of aromatic nitrogens is 1. The van der Waals surface area contributed by atoms with E-state index in [0.29, 0.717) is 5.89 Å². The summed E-state index contributed by atoms with van der Waals surface area (Å²) in [4.78, 5) is 4.47. The van der Waals surface area contributed by atoms with Crippen molar-refractivity contribution in [1.82, 2.24) is 4.98 Å². The highest BCUT2D eigenvalue weighted by Gasteiger charge is 2.08. The van der Waals surface area contributed by atoms with Crippen LogP contribution in [0.2, 0.25) is 0 Å². The second kappa shape index (κ2) is 4.18. The summed E-state index contributed by atoms with van der Waals surface area (Å²) in [6.07, 6.45) is 0. The number of methoxy groups -OCH3 is 1. The molecule has 0 aliphatic carbocycles. The maximum Gasteiger partial charge on any atom is 0.227 e. The molecule has 0 spiro atoms. The molecule has 3 aromatic rings. The molecule has 0 atom stereocenters. The molecule has 0 radical (unpaired) electrons. The van der Waals surface area contributed by atoms with Gasteiger partial charge < -0.3 is 9.15 Å². The predicted octanol–water partition coefficient (Wildman–Crippen LogP) is 3.81. The minimum Gasteiger partial charge on any atom is -0.497 e. The van der Waals surface area contributed by atoms with Crippen molar-refractivity contribution < 1.29 is 9.15 Å². The van der Waals surface area contributed by atoms with E-state index in [4.69, 9.17) is 9.15 Å². The Hall–Kier alpha value is -2.29. The van der Waals surface area contributed by atoms with Crippen molar-refractivity contribution in [3.63, 3.8) is 0 Å². The van der Waals surface area contributed by atoms with Crippen molar-refractivity contribution in [1.29, 1.82) is 0 Å². The van der Waals surface area contributed by atoms with Crippen LogP contribution in [-0.2, 0) is 0 Å². The first-order chi connectivity index (χ1) is 8.76. The number of oxazole rings is 1. The molecule has 0 aliphatic rings. The molecule has 18 heavy (non-hydrogen) atoms. The number of aryl methyl sites for hydroxylation is 1. The first kappa shape index (κ1) is 10.8. The van der Waals surface area contributed by atoms with Crippen molar-refractivity contribution >= 4 is 11.1 Å². The third-order valence-corrected chi connectivity index (χ3v) is 2.89. The highest BCUT2D eigenvalue weighted by molar-refractivity contribution is 5.77. The SMILES string of the molecule is COc1ccc2nc(-c3ccc(C)cc3)oc2c1. The number of hydrogen-bond donors (Lipinski definition) is 0. The van der Waals surface area contributed by atoms with Gasteiger partial charge in [0.05, 0.1) is 7.11 Å². The van der Waals surface area contributed by atoms with Crippen molar-refractivity contribution in [2.24, 2.45) is 0 Å². The van der Waals surface area contributed by atoms with E-state index >= 15 is 0 Å². The van der Waals surface area contributed by atoms with Crippen LogP contribution in [0.25, 0.3) is 22.6 Å². The molecule has 0 N–H and O–H groups in total. The number of fused-ring (bicyclic) bond motifs is 1. The van der Waals surface area contributed by atoms with Crippen LogP contribution in [0.5, 0.6) is 5.75 Å². The molecule has 90 valence electrons. The Bertz CT molecular complexity index is 683. The molecule has 1 heterocycles. The zero-order valence-electron chi connectivity index (χ0n) is 10.3. The van der Waals surface area contributed by atoms with Crippen LogP contribution in [0.1, 0.15) is 5.56 Å². The molecule has 2 aromatic carbocycles. The van der Waals surface area contributed by atoms with E-state index in [9.17, 15) is 0 Å². The van der Waals surface area contributed by atoms with Crippen molar-refractivity contribution in [3.8, 4) is 17.2 Å². The van der Waals surface area contributed by atoms with Gasteiger partial charge in [0.2, 0.25) is 5.89 Å². The third kappa shape index (κ3) is 1.84. The maximum absolute atomic E-state index is 5.75. The Kier molecular flexibility index (Phi) is 2.52. The van der Waals surface area contributed by atoms with E-state index in [-0.39, 0.29) is 0 Å². The number of benzene rings is 2. The summed E-state index contributed by atoms with van der Waals surface area (Å²) in [7, 11) is 1.64. The van der Waals surface area contributed by atoms with Crippen LogP contribution in [-0.4, -0.2) is 12.1 Å². The smallest absolute Gasteiger partial charge is 0.227 e. The molecule has 3 nitrogen and oxygen atoms in total. The number of rotatable bonds is 2. The molecule has 0 bridgehead atoms. The Labute approximate surface area is 105 Å². The molecule has 0 aliphatic heterocycles. The predicted molar refractivity (Wildman–Crippen MR) is 70.7 cm³/mol. The highest BCUT2D eigenvalue weighted by atomic mass is 16.5. The molecule has 3 heteroatoms. The van der Waals surface area contributed by atoms with Crippen LogP contribution in [0.15, 0.2) is 46.9 Å². The summed E-state index contributed by atoms with van der Waals surface area (Å²) in [5, 5.41) is 0. The zero-order valence-corrected chi connectivity index (χ0v) is 10.3. The summed E-state index contributed by atoms with van der Waals surface area (Å²) >= 11 is 0. The lowest BCUT2D eigenvalue weighted by molar-refractivity contribution is 0.414. The van der Waals surface area contributed by atoms with Gasteiger partial charge in [-0.1, -0.05) is 17.7 Å². The van der Waals surface area contributed by atoms with Gasteiger partial charge in [-0.15, -0.1) is 0 Å². The van der Waals surface area contributed by atoms with E-state index in [1.807, 2.05) is 42.5 Å². The first-order valence-corrected chi connectivity index (χ1v) is 5.78. The Balaban J connectivity index is 2.10. The van der Waals surface area contributed by atoms with Gasteiger partial charge in [0.15, 0.2) is 5.58 Å². The Morgan fingerprint density at radius 2 is 1.83 bits per heavy atom. The molecule has 0 amide bonds. The van der Waals surface area contributed by atoms with Crippen LogP contribution in [0.4, 0.5) is 0 Å². The summed E-state index contributed by atoms with van der Waals surface area (Å²) in [6.45, 7) is 2.06. The average molecular weight is 239 g/mol. The summed E-state index contributed by atoms with van der Waals surface area (Å²) in [5.41, 5.74) is 3.78. The fourth-order valence-corrected chi connectivity index (χ4v) is 1.85. The molecular weight excluding hydrogens is 226 g/mol. The number of nitrogens with zero attached hydrogens (tertiary/aromatic N) is 1. The molecule has 0 saturated carbocycles. The van der Waals surface area contributed by atoms with E-state index in [0.717, 1.165) is 22.4 Å². The Morgan fingerprint density at radius 1 is 1.06 bits per heavy atom. The van der Waals surface area contributed by atoms with Gasteiger partial charge >= 0.3 is 0 Å². The van der Waals surface area contributed by atoms with Crippen LogP contribution < -0.4 is 4.74 Å². The quantitative estimate of drug-likeness (QED) is 0.682. The molecular formula is C15H13NO2. The second-order valence-electron chi connectivity index (χ2n) is 4.22. The van der Waals surface area contributed by atoms with Crippen molar-refractivity contribution in [3.05, 3.63) is 48.0 Å². The topological polar surface area (TPSA) is 35.3 Å². The van der Waals surface area contributed by atoms with Gasteiger partial charge in [0.1, 0.15) is 11.3 Å². The normalized spacial score (nSPS) is 10.8. The third-order valence-electron chi connectivity index (χ3n) is 2.89. The average Bonchev–Trinajstić information content (AvgIpc) is 2.82. The maximum atomic E-state index is 5.75. The van der Waals surface area contributed by atoms with E-state index in [1.54, 1.807) is 7.11 Å². The summed E-state index contributed by atoms with van der Waals surface area (Å²) < 4.78 is 10.9. The van der Waals surface area contributed by atoms with Crippen molar-refractivity contribution in [2.45, 2.75) is 6.92 Å². The molecule has 3 rings (SSSR count). The highest BCUT2D eigenvalue weighted by Crippen LogP contribution is 2.26. The molecule has 1 aromatic heterocycles. The zero-order chi connectivity index (χ0) is 12.5.